The molecule has 8 heteroatoms. The van der Waals surface area contributed by atoms with Crippen LogP contribution in [-0.4, -0.2) is 14.3 Å². The average Bonchev–Trinajstić information content (AvgIpc) is 2.88. The van der Waals surface area contributed by atoms with E-state index in [-0.39, 0.29) is 16.2 Å². The molecule has 0 bridgehead atoms. The maximum absolute atomic E-state index is 12.1. The number of hydrogen-bond acceptors (Lipinski definition) is 4. The number of benzene rings is 1. The van der Waals surface area contributed by atoms with Crippen molar-refractivity contribution in [2.45, 2.75) is 17.2 Å². The molecule has 0 radical (unpaired) electrons. The number of hydrogen-bond donors (Lipinski definition) is 1. The highest BCUT2D eigenvalue weighted by Crippen LogP contribution is 2.28. The van der Waals surface area contributed by atoms with Crippen LogP contribution in [0.5, 0.6) is 0 Å². The predicted molar refractivity (Wildman–Crippen MR) is 87.4 cm³/mol. The minimum absolute atomic E-state index is 0.0731. The van der Waals surface area contributed by atoms with Gasteiger partial charge in [-0.1, -0.05) is 15.9 Å². The number of halogens is 2. The van der Waals surface area contributed by atoms with Gasteiger partial charge in [-0.25, -0.2) is 8.42 Å². The Labute approximate surface area is 139 Å². The van der Waals surface area contributed by atoms with Crippen LogP contribution in [0.3, 0.4) is 0 Å². The zero-order chi connectivity index (χ0) is 15.6. The van der Waals surface area contributed by atoms with Crippen LogP contribution >= 0.6 is 37.9 Å². The van der Waals surface area contributed by atoms with Gasteiger partial charge >= 0.3 is 0 Å². The molecule has 0 spiro atoms. The highest BCUT2D eigenvalue weighted by atomic mass is 79.9. The van der Waals surface area contributed by atoms with Gasteiger partial charge in [0.05, 0.1) is 6.04 Å². The number of amides is 1. The van der Waals surface area contributed by atoms with Crippen LogP contribution in [0.2, 0.25) is 0 Å². The van der Waals surface area contributed by atoms with Crippen LogP contribution in [0, 0.1) is 0 Å². The Morgan fingerprint density at radius 3 is 2.38 bits per heavy atom. The SMILES string of the molecule is CC(NC(=O)c1ccc(Br)cc1)c1ccc(S(=O)(=O)Cl)s1. The van der Waals surface area contributed by atoms with Gasteiger partial charge in [0.1, 0.15) is 4.21 Å². The molecule has 21 heavy (non-hydrogen) atoms. The summed E-state index contributed by atoms with van der Waals surface area (Å²) in [6.45, 7) is 1.78. The fraction of sp³-hybridized carbons (Fsp3) is 0.154. The fourth-order valence-electron chi connectivity index (χ4n) is 1.65. The standard InChI is InChI=1S/C13H11BrClNO3S2/c1-8(11-6-7-12(20-11)21(15,18)19)16-13(17)9-2-4-10(14)5-3-9/h2-8H,1H3,(H,16,17). The Morgan fingerprint density at radius 1 is 1.24 bits per heavy atom. The zero-order valence-electron chi connectivity index (χ0n) is 10.8. The first-order valence-corrected chi connectivity index (χ1v) is 9.80. The molecule has 1 aromatic heterocycles. The minimum atomic E-state index is -3.73. The van der Waals surface area contributed by atoms with Crippen LogP contribution < -0.4 is 5.32 Å². The molecule has 0 saturated carbocycles. The van der Waals surface area contributed by atoms with E-state index in [1.165, 1.54) is 6.07 Å². The Bertz CT molecular complexity index is 756. The van der Waals surface area contributed by atoms with Crippen molar-refractivity contribution >= 4 is 52.9 Å². The monoisotopic (exact) mass is 407 g/mol. The van der Waals surface area contributed by atoms with E-state index in [0.717, 1.165) is 20.7 Å². The van der Waals surface area contributed by atoms with Crippen molar-refractivity contribution in [3.05, 3.63) is 51.3 Å². The normalized spacial score (nSPS) is 12.9. The largest absolute Gasteiger partial charge is 0.345 e. The predicted octanol–water partition coefficient (Wildman–Crippen LogP) is 3.93. The number of nitrogens with one attached hydrogen (secondary N) is 1. The third-order valence-corrected chi connectivity index (χ3v) is 6.61. The summed E-state index contributed by atoms with van der Waals surface area (Å²) in [6, 6.07) is 9.74. The summed E-state index contributed by atoms with van der Waals surface area (Å²) in [5.74, 6) is -0.223. The Balaban J connectivity index is 2.11. The summed E-state index contributed by atoms with van der Waals surface area (Å²) in [6.07, 6.45) is 0. The maximum atomic E-state index is 12.1. The molecule has 1 N–H and O–H groups in total. The number of rotatable bonds is 4. The van der Waals surface area contributed by atoms with E-state index in [0.29, 0.717) is 5.56 Å². The fourth-order valence-corrected chi connectivity index (χ4v) is 4.01. The first kappa shape index (κ1) is 16.5. The summed E-state index contributed by atoms with van der Waals surface area (Å²) >= 11 is 4.35. The van der Waals surface area contributed by atoms with Crippen molar-refractivity contribution in [1.29, 1.82) is 0 Å². The molecule has 1 atom stereocenters. The third-order valence-electron chi connectivity index (χ3n) is 2.72. The third kappa shape index (κ3) is 4.29. The summed E-state index contributed by atoms with van der Waals surface area (Å²) in [5, 5.41) is 2.81. The number of thiophene rings is 1. The first-order chi connectivity index (χ1) is 9.77. The molecule has 0 aliphatic carbocycles. The molecule has 0 fully saturated rings. The zero-order valence-corrected chi connectivity index (χ0v) is 14.8. The summed E-state index contributed by atoms with van der Waals surface area (Å²) < 4.78 is 23.4. The van der Waals surface area contributed by atoms with Crippen LogP contribution in [0.15, 0.2) is 45.1 Å². The van der Waals surface area contributed by atoms with E-state index in [1.54, 1.807) is 37.3 Å². The Kier molecular flexibility index (Phi) is 5.08. The Morgan fingerprint density at radius 2 is 1.86 bits per heavy atom. The van der Waals surface area contributed by atoms with E-state index in [1.807, 2.05) is 0 Å². The van der Waals surface area contributed by atoms with E-state index in [2.05, 4.69) is 21.2 Å². The first-order valence-electron chi connectivity index (χ1n) is 5.88. The lowest BCUT2D eigenvalue weighted by atomic mass is 10.2. The molecule has 0 aliphatic rings. The molecule has 1 unspecified atom stereocenters. The minimum Gasteiger partial charge on any atom is -0.345 e. The van der Waals surface area contributed by atoms with Gasteiger partial charge < -0.3 is 5.32 Å². The molecule has 4 nitrogen and oxygen atoms in total. The van der Waals surface area contributed by atoms with E-state index >= 15 is 0 Å². The van der Waals surface area contributed by atoms with Crippen LogP contribution in [0.25, 0.3) is 0 Å². The highest BCUT2D eigenvalue weighted by Gasteiger charge is 2.17. The Hall–Kier alpha value is -0.890. The van der Waals surface area contributed by atoms with Gasteiger partial charge in [0.25, 0.3) is 15.0 Å². The average molecular weight is 409 g/mol. The second-order valence-electron chi connectivity index (χ2n) is 4.30. The summed E-state index contributed by atoms with van der Waals surface area (Å²) in [4.78, 5) is 12.8. The summed E-state index contributed by atoms with van der Waals surface area (Å²) in [5.41, 5.74) is 0.534. The van der Waals surface area contributed by atoms with Crippen molar-refractivity contribution in [2.24, 2.45) is 0 Å². The van der Waals surface area contributed by atoms with Crippen molar-refractivity contribution in [3.8, 4) is 0 Å². The molecule has 2 rings (SSSR count). The number of carbonyl (C=O) groups is 1. The molecular formula is C13H11BrClNO3S2. The smallest absolute Gasteiger partial charge is 0.270 e. The van der Waals surface area contributed by atoms with Crippen molar-refractivity contribution < 1.29 is 13.2 Å². The van der Waals surface area contributed by atoms with Crippen molar-refractivity contribution in [2.75, 3.05) is 0 Å². The number of carbonyl (C=O) groups excluding carboxylic acids is 1. The van der Waals surface area contributed by atoms with E-state index in [4.69, 9.17) is 10.7 Å². The molecule has 1 heterocycles. The second-order valence-corrected chi connectivity index (χ2v) is 9.12. The summed E-state index contributed by atoms with van der Waals surface area (Å²) in [7, 11) is 1.56. The van der Waals surface area contributed by atoms with Crippen molar-refractivity contribution in [1.82, 2.24) is 5.32 Å². The molecule has 2 aromatic rings. The second kappa shape index (κ2) is 6.48. The van der Waals surface area contributed by atoms with Gasteiger partial charge in [-0.3, -0.25) is 4.79 Å². The van der Waals surface area contributed by atoms with Gasteiger partial charge in [0.2, 0.25) is 0 Å². The quantitative estimate of drug-likeness (QED) is 0.780. The van der Waals surface area contributed by atoms with Crippen molar-refractivity contribution in [3.63, 3.8) is 0 Å². The lowest BCUT2D eigenvalue weighted by molar-refractivity contribution is 0.0940. The van der Waals surface area contributed by atoms with Crippen LogP contribution in [0.1, 0.15) is 28.2 Å². The van der Waals surface area contributed by atoms with Crippen LogP contribution in [-0.2, 0) is 9.05 Å². The van der Waals surface area contributed by atoms with Crippen LogP contribution in [0.4, 0.5) is 0 Å². The van der Waals surface area contributed by atoms with E-state index < -0.39 is 9.05 Å². The molecule has 0 aliphatic heterocycles. The lowest BCUT2D eigenvalue weighted by Gasteiger charge is -2.12. The molecule has 1 aromatic carbocycles. The molecule has 1 amide bonds. The van der Waals surface area contributed by atoms with Gasteiger partial charge in [-0.2, -0.15) is 0 Å². The molecule has 112 valence electrons. The van der Waals surface area contributed by atoms with Gasteiger partial charge in [0, 0.05) is 25.6 Å². The van der Waals surface area contributed by atoms with E-state index in [9.17, 15) is 13.2 Å². The highest BCUT2D eigenvalue weighted by molar-refractivity contribution is 9.10. The molecule has 0 saturated heterocycles. The van der Waals surface area contributed by atoms with Gasteiger partial charge in [0.15, 0.2) is 0 Å². The maximum Gasteiger partial charge on any atom is 0.270 e. The van der Waals surface area contributed by atoms with Gasteiger partial charge in [-0.05, 0) is 43.3 Å². The topological polar surface area (TPSA) is 63.2 Å². The van der Waals surface area contributed by atoms with Gasteiger partial charge in [-0.15, -0.1) is 11.3 Å². The molecular weight excluding hydrogens is 398 g/mol. The lowest BCUT2D eigenvalue weighted by Crippen LogP contribution is -2.25.